The largest absolute Gasteiger partial charge is 0.478 e. The summed E-state index contributed by atoms with van der Waals surface area (Å²) in [6.45, 7) is 3.41. The highest BCUT2D eigenvalue weighted by Crippen LogP contribution is 2.42. The number of sulfone groups is 1. The second kappa shape index (κ2) is 5.82. The lowest BCUT2D eigenvalue weighted by atomic mass is 9.96. The van der Waals surface area contributed by atoms with Gasteiger partial charge in [-0.05, 0) is 50.2 Å². The van der Waals surface area contributed by atoms with Gasteiger partial charge in [-0.3, -0.25) is 4.79 Å². The van der Waals surface area contributed by atoms with Crippen molar-refractivity contribution in [1.82, 2.24) is 0 Å². The fraction of sp³-hybridized carbons (Fsp3) is 0.190. The van der Waals surface area contributed by atoms with Gasteiger partial charge in [-0.2, -0.15) is 0 Å². The maximum absolute atomic E-state index is 13.0. The van der Waals surface area contributed by atoms with Crippen molar-refractivity contribution in [3.63, 3.8) is 0 Å². The van der Waals surface area contributed by atoms with Crippen LogP contribution in [0.2, 0.25) is 0 Å². The molecule has 2 heterocycles. The van der Waals surface area contributed by atoms with Crippen molar-refractivity contribution in [3.05, 3.63) is 65.9 Å². The molecule has 3 aromatic rings. The SMILES string of the molecule is CC1(C)OC(c2ccc(S(C)(=O)=O)cc2)=C(c2cc3ccccc3o2)C1=O. The van der Waals surface area contributed by atoms with E-state index in [1.165, 1.54) is 12.1 Å². The number of fused-ring (bicyclic) bond motifs is 1. The van der Waals surface area contributed by atoms with Gasteiger partial charge in [0.25, 0.3) is 0 Å². The standard InChI is InChI=1S/C21H18O5S/c1-21(2)20(22)18(17-12-14-6-4-5-7-16(14)25-17)19(26-21)13-8-10-15(11-9-13)27(3,23)24/h4-12H,1-3H3. The van der Waals surface area contributed by atoms with Gasteiger partial charge in [-0.15, -0.1) is 0 Å². The summed E-state index contributed by atoms with van der Waals surface area (Å²) < 4.78 is 35.2. The van der Waals surface area contributed by atoms with Crippen molar-refractivity contribution in [2.75, 3.05) is 6.26 Å². The van der Waals surface area contributed by atoms with Crippen LogP contribution in [0.1, 0.15) is 25.2 Å². The second-order valence-electron chi connectivity index (χ2n) is 7.09. The molecule has 1 aliphatic rings. The van der Waals surface area contributed by atoms with Gasteiger partial charge in [-0.25, -0.2) is 8.42 Å². The van der Waals surface area contributed by atoms with Crippen LogP contribution < -0.4 is 0 Å². The van der Waals surface area contributed by atoms with Crippen LogP contribution in [0, 0.1) is 0 Å². The second-order valence-corrected chi connectivity index (χ2v) is 9.11. The van der Waals surface area contributed by atoms with Gasteiger partial charge in [-0.1, -0.05) is 18.2 Å². The normalized spacial score (nSPS) is 16.8. The smallest absolute Gasteiger partial charge is 0.213 e. The van der Waals surface area contributed by atoms with Crippen LogP contribution in [0.25, 0.3) is 22.3 Å². The van der Waals surface area contributed by atoms with Crippen molar-refractivity contribution < 1.29 is 22.4 Å². The molecule has 0 amide bonds. The number of carbonyl (C=O) groups excluding carboxylic acids is 1. The van der Waals surface area contributed by atoms with E-state index >= 15 is 0 Å². The Balaban J connectivity index is 1.89. The first-order valence-corrected chi connectivity index (χ1v) is 10.3. The van der Waals surface area contributed by atoms with E-state index in [2.05, 4.69) is 0 Å². The molecule has 0 unspecified atom stereocenters. The van der Waals surface area contributed by atoms with Crippen LogP contribution in [0.15, 0.2) is 63.9 Å². The quantitative estimate of drug-likeness (QED) is 0.682. The average molecular weight is 382 g/mol. The maximum atomic E-state index is 13.0. The van der Waals surface area contributed by atoms with E-state index < -0.39 is 15.4 Å². The molecule has 0 fully saturated rings. The first kappa shape index (κ1) is 17.5. The first-order chi connectivity index (χ1) is 12.7. The predicted octanol–water partition coefficient (Wildman–Crippen LogP) is 4.08. The van der Waals surface area contributed by atoms with Gasteiger partial charge in [0.15, 0.2) is 15.4 Å². The molecule has 0 radical (unpaired) electrons. The van der Waals surface area contributed by atoms with Crippen LogP contribution in [-0.2, 0) is 19.4 Å². The Kier molecular flexibility index (Phi) is 3.78. The number of benzene rings is 2. The third kappa shape index (κ3) is 2.96. The van der Waals surface area contributed by atoms with Crippen molar-refractivity contribution in [3.8, 4) is 0 Å². The van der Waals surface area contributed by atoms with Crippen LogP contribution >= 0.6 is 0 Å². The topological polar surface area (TPSA) is 73.6 Å². The number of para-hydroxylation sites is 1. The number of carbonyl (C=O) groups is 1. The molecule has 2 aromatic carbocycles. The lowest BCUT2D eigenvalue weighted by Crippen LogP contribution is -2.29. The van der Waals surface area contributed by atoms with Crippen LogP contribution in [0.3, 0.4) is 0 Å². The molecule has 0 N–H and O–H groups in total. The summed E-state index contributed by atoms with van der Waals surface area (Å²) in [6, 6.07) is 15.6. The molecule has 138 valence electrons. The molecule has 27 heavy (non-hydrogen) atoms. The van der Waals surface area contributed by atoms with E-state index in [-0.39, 0.29) is 10.7 Å². The Hall–Kier alpha value is -2.86. The number of hydrogen-bond acceptors (Lipinski definition) is 5. The lowest BCUT2D eigenvalue weighted by molar-refractivity contribution is -0.125. The number of ketones is 1. The van der Waals surface area contributed by atoms with Gasteiger partial charge in [0.2, 0.25) is 5.78 Å². The van der Waals surface area contributed by atoms with Gasteiger partial charge < -0.3 is 9.15 Å². The van der Waals surface area contributed by atoms with Crippen LogP contribution in [0.5, 0.6) is 0 Å². The Morgan fingerprint density at radius 1 is 0.963 bits per heavy atom. The highest BCUT2D eigenvalue weighted by molar-refractivity contribution is 7.90. The average Bonchev–Trinajstić information content (AvgIpc) is 3.13. The summed E-state index contributed by atoms with van der Waals surface area (Å²) in [5.41, 5.74) is 0.642. The molecule has 5 nitrogen and oxygen atoms in total. The summed E-state index contributed by atoms with van der Waals surface area (Å²) in [5, 5.41) is 0.893. The fourth-order valence-corrected chi connectivity index (χ4v) is 3.77. The van der Waals surface area contributed by atoms with E-state index in [9.17, 15) is 13.2 Å². The molecule has 0 saturated heterocycles. The predicted molar refractivity (Wildman–Crippen MR) is 103 cm³/mol. The van der Waals surface area contributed by atoms with Gasteiger partial charge in [0, 0.05) is 17.2 Å². The Morgan fingerprint density at radius 2 is 1.63 bits per heavy atom. The molecule has 4 rings (SSSR count). The Morgan fingerprint density at radius 3 is 2.26 bits per heavy atom. The molecule has 1 aliphatic heterocycles. The lowest BCUT2D eigenvalue weighted by Gasteiger charge is -2.17. The highest BCUT2D eigenvalue weighted by Gasteiger charge is 2.44. The zero-order chi connectivity index (χ0) is 19.4. The number of hydrogen-bond donors (Lipinski definition) is 0. The monoisotopic (exact) mass is 382 g/mol. The summed E-state index contributed by atoms with van der Waals surface area (Å²) in [7, 11) is -3.30. The third-order valence-electron chi connectivity index (χ3n) is 4.57. The fourth-order valence-electron chi connectivity index (χ4n) is 3.14. The van der Waals surface area contributed by atoms with Gasteiger partial charge in [0.05, 0.1) is 4.90 Å². The molecular formula is C21H18O5S. The zero-order valence-electron chi connectivity index (χ0n) is 15.1. The van der Waals surface area contributed by atoms with E-state index in [4.69, 9.17) is 9.15 Å². The molecule has 1 aromatic heterocycles. The van der Waals surface area contributed by atoms with Crippen LogP contribution in [0.4, 0.5) is 0 Å². The molecule has 0 saturated carbocycles. The summed E-state index contributed by atoms with van der Waals surface area (Å²) in [6.07, 6.45) is 1.15. The molecular weight excluding hydrogens is 364 g/mol. The summed E-state index contributed by atoms with van der Waals surface area (Å²) in [5.74, 6) is 0.654. The molecule has 0 aliphatic carbocycles. The number of furan rings is 1. The molecule has 0 atom stereocenters. The van der Waals surface area contributed by atoms with Gasteiger partial charge in [0.1, 0.15) is 22.7 Å². The molecule has 6 heteroatoms. The Labute approximate surface area is 157 Å². The van der Waals surface area contributed by atoms with Crippen molar-refractivity contribution >= 4 is 37.9 Å². The first-order valence-electron chi connectivity index (χ1n) is 8.44. The van der Waals surface area contributed by atoms with E-state index in [1.54, 1.807) is 26.0 Å². The minimum atomic E-state index is -3.30. The summed E-state index contributed by atoms with van der Waals surface area (Å²) in [4.78, 5) is 13.2. The number of Topliss-reactive ketones (excluding diaryl/α,β-unsaturated/α-hetero) is 1. The van der Waals surface area contributed by atoms with Crippen molar-refractivity contribution in [1.29, 1.82) is 0 Å². The van der Waals surface area contributed by atoms with E-state index in [0.717, 1.165) is 11.6 Å². The van der Waals surface area contributed by atoms with Crippen molar-refractivity contribution in [2.24, 2.45) is 0 Å². The van der Waals surface area contributed by atoms with Crippen LogP contribution in [-0.4, -0.2) is 26.1 Å². The summed E-state index contributed by atoms with van der Waals surface area (Å²) >= 11 is 0. The Bertz CT molecular complexity index is 1160. The van der Waals surface area contributed by atoms with Crippen molar-refractivity contribution in [2.45, 2.75) is 24.3 Å². The maximum Gasteiger partial charge on any atom is 0.213 e. The minimum absolute atomic E-state index is 0.177. The molecule has 0 bridgehead atoms. The van der Waals surface area contributed by atoms with Gasteiger partial charge >= 0.3 is 0 Å². The minimum Gasteiger partial charge on any atom is -0.478 e. The van der Waals surface area contributed by atoms with E-state index in [1.807, 2.05) is 30.3 Å². The number of ether oxygens (including phenoxy) is 1. The van der Waals surface area contributed by atoms with E-state index in [0.29, 0.717) is 28.2 Å². The zero-order valence-corrected chi connectivity index (χ0v) is 16.0. The number of rotatable bonds is 3. The molecule has 0 spiro atoms. The highest BCUT2D eigenvalue weighted by atomic mass is 32.2. The third-order valence-corrected chi connectivity index (χ3v) is 5.70.